The molecule has 6 nitrogen and oxygen atoms in total. The van der Waals surface area contributed by atoms with Gasteiger partial charge in [0.05, 0.1) is 4.92 Å². The maximum Gasteiger partial charge on any atom is 0.313 e. The zero-order chi connectivity index (χ0) is 14.9. The summed E-state index contributed by atoms with van der Waals surface area (Å²) in [7, 11) is 1.68. The number of nitrogens with one attached hydrogen (secondary N) is 1. The Balaban J connectivity index is 2.77. The second kappa shape index (κ2) is 5.24. The van der Waals surface area contributed by atoms with Crippen LogP contribution in [0.2, 0.25) is 0 Å². The molecular weight excluding hydrogens is 256 g/mol. The topological polar surface area (TPSA) is 81.0 Å². The Kier molecular flexibility index (Phi) is 3.65. The van der Waals surface area contributed by atoms with Gasteiger partial charge in [-0.3, -0.25) is 10.1 Å². The molecular formula is C14H16N4O2. The molecule has 0 bridgehead atoms. The number of nitrogens with zero attached hydrogens (tertiary/aromatic N) is 3. The van der Waals surface area contributed by atoms with Crippen molar-refractivity contribution in [2.24, 2.45) is 0 Å². The van der Waals surface area contributed by atoms with Crippen molar-refractivity contribution in [2.75, 3.05) is 12.4 Å². The van der Waals surface area contributed by atoms with Gasteiger partial charge < -0.3 is 5.32 Å². The normalized spacial score (nSPS) is 10.4. The van der Waals surface area contributed by atoms with E-state index in [0.717, 1.165) is 22.3 Å². The van der Waals surface area contributed by atoms with Crippen LogP contribution in [-0.2, 0) is 0 Å². The molecule has 0 aliphatic rings. The average Bonchev–Trinajstić information content (AvgIpc) is 2.37. The van der Waals surface area contributed by atoms with Gasteiger partial charge in [0, 0.05) is 12.6 Å². The zero-order valence-electron chi connectivity index (χ0n) is 11.9. The zero-order valence-corrected chi connectivity index (χ0v) is 11.9. The Morgan fingerprint density at radius 1 is 1.20 bits per heavy atom. The second-order valence-electron chi connectivity index (χ2n) is 4.71. The van der Waals surface area contributed by atoms with Gasteiger partial charge in [-0.1, -0.05) is 17.7 Å². The number of nitro groups is 1. The fourth-order valence-electron chi connectivity index (χ4n) is 2.37. The Bertz CT molecular complexity index is 660. The molecule has 0 aliphatic heterocycles. The van der Waals surface area contributed by atoms with E-state index in [1.165, 1.54) is 6.20 Å². The predicted octanol–water partition coefficient (Wildman–Crippen LogP) is 3.02. The molecule has 0 fully saturated rings. The molecule has 1 aromatic carbocycles. The number of aromatic nitrogens is 2. The van der Waals surface area contributed by atoms with E-state index >= 15 is 0 Å². The van der Waals surface area contributed by atoms with E-state index in [-0.39, 0.29) is 5.69 Å². The van der Waals surface area contributed by atoms with Crippen molar-refractivity contribution in [3.05, 3.63) is 45.1 Å². The Morgan fingerprint density at radius 2 is 1.80 bits per heavy atom. The highest BCUT2D eigenvalue weighted by atomic mass is 16.6. The van der Waals surface area contributed by atoms with Crippen molar-refractivity contribution in [2.45, 2.75) is 20.8 Å². The lowest BCUT2D eigenvalue weighted by molar-refractivity contribution is -0.384. The van der Waals surface area contributed by atoms with Gasteiger partial charge in [-0.15, -0.1) is 0 Å². The molecule has 0 radical (unpaired) electrons. The summed E-state index contributed by atoms with van der Waals surface area (Å²) in [5, 5.41) is 14.0. The molecule has 0 atom stereocenters. The highest BCUT2D eigenvalue weighted by Crippen LogP contribution is 2.33. The SMILES string of the molecule is CNc1ncc([N+](=O)[O-])c(-c2c(C)cc(C)cc2C)n1. The molecule has 0 amide bonds. The number of anilines is 1. The minimum Gasteiger partial charge on any atom is -0.357 e. The fourth-order valence-corrected chi connectivity index (χ4v) is 2.37. The monoisotopic (exact) mass is 272 g/mol. The first-order valence-electron chi connectivity index (χ1n) is 6.21. The molecule has 20 heavy (non-hydrogen) atoms. The predicted molar refractivity (Wildman–Crippen MR) is 77.9 cm³/mol. The lowest BCUT2D eigenvalue weighted by Gasteiger charge is -2.11. The quantitative estimate of drug-likeness (QED) is 0.686. The Hall–Kier alpha value is -2.50. The summed E-state index contributed by atoms with van der Waals surface area (Å²) < 4.78 is 0. The van der Waals surface area contributed by atoms with Gasteiger partial charge in [-0.25, -0.2) is 9.97 Å². The first kappa shape index (κ1) is 13.9. The van der Waals surface area contributed by atoms with Gasteiger partial charge in [0.1, 0.15) is 6.20 Å². The molecule has 6 heteroatoms. The van der Waals surface area contributed by atoms with Crippen LogP contribution in [-0.4, -0.2) is 21.9 Å². The smallest absolute Gasteiger partial charge is 0.313 e. The summed E-state index contributed by atoms with van der Waals surface area (Å²) in [6.45, 7) is 5.86. The molecule has 0 saturated carbocycles. The van der Waals surface area contributed by atoms with Crippen LogP contribution in [0, 0.1) is 30.9 Å². The van der Waals surface area contributed by atoms with E-state index in [9.17, 15) is 10.1 Å². The number of benzene rings is 1. The summed E-state index contributed by atoms with van der Waals surface area (Å²) in [6.07, 6.45) is 1.24. The van der Waals surface area contributed by atoms with Gasteiger partial charge in [0.25, 0.3) is 0 Å². The average molecular weight is 272 g/mol. The van der Waals surface area contributed by atoms with Crippen LogP contribution in [0.3, 0.4) is 0 Å². The van der Waals surface area contributed by atoms with E-state index in [4.69, 9.17) is 0 Å². The summed E-state index contributed by atoms with van der Waals surface area (Å²) in [6, 6.07) is 3.99. The van der Waals surface area contributed by atoms with Crippen molar-refractivity contribution in [3.63, 3.8) is 0 Å². The molecule has 1 heterocycles. The van der Waals surface area contributed by atoms with Crippen molar-refractivity contribution in [1.29, 1.82) is 0 Å². The number of aryl methyl sites for hydroxylation is 3. The molecule has 1 N–H and O–H groups in total. The van der Waals surface area contributed by atoms with E-state index in [0.29, 0.717) is 11.6 Å². The van der Waals surface area contributed by atoms with Crippen LogP contribution in [0.5, 0.6) is 0 Å². The molecule has 0 saturated heterocycles. The van der Waals surface area contributed by atoms with Crippen molar-refractivity contribution >= 4 is 11.6 Å². The molecule has 2 rings (SSSR count). The van der Waals surface area contributed by atoms with Crippen molar-refractivity contribution in [3.8, 4) is 11.3 Å². The number of hydrogen-bond acceptors (Lipinski definition) is 5. The van der Waals surface area contributed by atoms with Crippen LogP contribution in [0.4, 0.5) is 11.6 Å². The van der Waals surface area contributed by atoms with Crippen LogP contribution in [0.1, 0.15) is 16.7 Å². The number of hydrogen-bond donors (Lipinski definition) is 1. The van der Waals surface area contributed by atoms with Gasteiger partial charge >= 0.3 is 5.69 Å². The minimum atomic E-state index is -0.451. The van der Waals surface area contributed by atoms with Crippen LogP contribution in [0.15, 0.2) is 18.3 Å². The molecule has 0 aliphatic carbocycles. The van der Waals surface area contributed by atoms with E-state index in [1.54, 1.807) is 7.05 Å². The van der Waals surface area contributed by atoms with Gasteiger partial charge in [0.2, 0.25) is 5.95 Å². The first-order chi connectivity index (χ1) is 9.43. The molecule has 0 spiro atoms. The molecule has 1 aromatic heterocycles. The largest absolute Gasteiger partial charge is 0.357 e. The van der Waals surface area contributed by atoms with Crippen molar-refractivity contribution < 1.29 is 4.92 Å². The maximum absolute atomic E-state index is 11.2. The summed E-state index contributed by atoms with van der Waals surface area (Å²) in [5.41, 5.74) is 4.11. The van der Waals surface area contributed by atoms with E-state index < -0.39 is 4.92 Å². The summed E-state index contributed by atoms with van der Waals surface area (Å²) in [5.74, 6) is 0.366. The third kappa shape index (κ3) is 2.45. The molecule has 2 aromatic rings. The highest BCUT2D eigenvalue weighted by molar-refractivity contribution is 5.75. The maximum atomic E-state index is 11.2. The minimum absolute atomic E-state index is 0.0842. The van der Waals surface area contributed by atoms with E-state index in [2.05, 4.69) is 15.3 Å². The lowest BCUT2D eigenvalue weighted by atomic mass is 9.96. The fraction of sp³-hybridized carbons (Fsp3) is 0.286. The van der Waals surface area contributed by atoms with Crippen LogP contribution in [0.25, 0.3) is 11.3 Å². The third-order valence-corrected chi connectivity index (χ3v) is 3.10. The van der Waals surface area contributed by atoms with Crippen LogP contribution < -0.4 is 5.32 Å². The van der Waals surface area contributed by atoms with Crippen molar-refractivity contribution in [1.82, 2.24) is 9.97 Å². The lowest BCUT2D eigenvalue weighted by Crippen LogP contribution is -2.03. The summed E-state index contributed by atoms with van der Waals surface area (Å²) >= 11 is 0. The van der Waals surface area contributed by atoms with Gasteiger partial charge in [-0.2, -0.15) is 0 Å². The molecule has 0 unspecified atom stereocenters. The third-order valence-electron chi connectivity index (χ3n) is 3.10. The van der Waals surface area contributed by atoms with Gasteiger partial charge in [-0.05, 0) is 31.9 Å². The summed E-state index contributed by atoms with van der Waals surface area (Å²) in [4.78, 5) is 18.9. The standard InChI is InChI=1S/C14H16N4O2/c1-8-5-9(2)12(10(3)6-8)13-11(18(19)20)7-16-14(15-4)17-13/h5-7H,1-4H3,(H,15,16,17). The number of rotatable bonds is 3. The Morgan fingerprint density at radius 3 is 2.30 bits per heavy atom. The van der Waals surface area contributed by atoms with Gasteiger partial charge in [0.15, 0.2) is 5.69 Å². The molecule has 104 valence electrons. The van der Waals surface area contributed by atoms with E-state index in [1.807, 2.05) is 32.9 Å². The highest BCUT2D eigenvalue weighted by Gasteiger charge is 2.21. The first-order valence-corrected chi connectivity index (χ1v) is 6.21. The second-order valence-corrected chi connectivity index (χ2v) is 4.71. The Labute approximate surface area is 117 Å². The van der Waals surface area contributed by atoms with Crippen LogP contribution >= 0.6 is 0 Å².